The third-order valence-electron chi connectivity index (χ3n) is 7.83. The minimum atomic E-state index is -4.40. The first-order chi connectivity index (χ1) is 21.0. The van der Waals surface area contributed by atoms with E-state index in [0.717, 1.165) is 56.8 Å². The first-order valence-corrected chi connectivity index (χ1v) is 19.1. The van der Waals surface area contributed by atoms with Crippen LogP contribution in [0.5, 0.6) is 0 Å². The van der Waals surface area contributed by atoms with Crippen LogP contribution in [0, 0.1) is 11.8 Å². The number of rotatable bonds is 31. The summed E-state index contributed by atoms with van der Waals surface area (Å²) in [4.78, 5) is 22.6. The van der Waals surface area contributed by atoms with Crippen LogP contribution in [0.25, 0.3) is 0 Å². The number of nitrogens with one attached hydrogen (secondary N) is 1. The smallest absolute Gasteiger partial charge is 0.387 e. The van der Waals surface area contributed by atoms with E-state index >= 15 is 0 Å². The van der Waals surface area contributed by atoms with Gasteiger partial charge in [0.2, 0.25) is 5.91 Å². The molecule has 44 heavy (non-hydrogen) atoms. The summed E-state index contributed by atoms with van der Waals surface area (Å²) in [6, 6.07) is -1.03. The molecule has 0 rings (SSSR count). The molecule has 4 atom stereocenters. The average Bonchev–Trinajstić information content (AvgIpc) is 2.97. The standard InChI is InChI=1S/C34H69N2O7P/c1-29(2)22-18-14-10-6-5-7-12-16-20-24-32(37)31(28-43-44(40,41)42-27-26-35)36-34(39)33(38)25-21-17-13-9-8-11-15-19-23-30(3)4/h20,24,29-33,37-38H,5-19,21-23,25-28,35H2,1-4H3,(H,36,39)(H,40,41). The number of phosphoric ester groups is 1. The molecule has 0 aliphatic carbocycles. The molecule has 0 heterocycles. The topological polar surface area (TPSA) is 151 Å². The van der Waals surface area contributed by atoms with Crippen molar-refractivity contribution < 1.29 is 33.5 Å². The summed E-state index contributed by atoms with van der Waals surface area (Å²) < 4.78 is 21.9. The Morgan fingerprint density at radius 2 is 1.20 bits per heavy atom. The Balaban J connectivity index is 4.54. The highest BCUT2D eigenvalue weighted by atomic mass is 31.2. The van der Waals surface area contributed by atoms with E-state index in [0.29, 0.717) is 6.42 Å². The second kappa shape index (κ2) is 28.4. The van der Waals surface area contributed by atoms with E-state index in [9.17, 15) is 24.5 Å². The molecule has 6 N–H and O–H groups in total. The summed E-state index contributed by atoms with van der Waals surface area (Å²) in [7, 11) is -4.40. The van der Waals surface area contributed by atoms with Crippen LogP contribution in [0.2, 0.25) is 0 Å². The number of hydrogen-bond acceptors (Lipinski definition) is 7. The van der Waals surface area contributed by atoms with Crippen molar-refractivity contribution in [2.45, 2.75) is 168 Å². The minimum absolute atomic E-state index is 0.0437. The third kappa shape index (κ3) is 27.5. The van der Waals surface area contributed by atoms with Gasteiger partial charge in [0.1, 0.15) is 6.10 Å². The number of amides is 1. The number of hydrogen-bond donors (Lipinski definition) is 5. The van der Waals surface area contributed by atoms with Crippen molar-refractivity contribution in [1.82, 2.24) is 5.32 Å². The molecule has 0 fully saturated rings. The normalized spacial score (nSPS) is 15.6. The quantitative estimate of drug-likeness (QED) is 0.0293. The lowest BCUT2D eigenvalue weighted by molar-refractivity contribution is -0.131. The molecule has 0 aromatic carbocycles. The third-order valence-corrected chi connectivity index (χ3v) is 8.81. The van der Waals surface area contributed by atoms with E-state index in [4.69, 9.17) is 14.8 Å². The summed E-state index contributed by atoms with van der Waals surface area (Å²) in [6.45, 7) is 8.46. The molecular formula is C34H69N2O7P. The van der Waals surface area contributed by atoms with E-state index in [1.54, 1.807) is 6.08 Å². The lowest BCUT2D eigenvalue weighted by Crippen LogP contribution is -2.49. The Morgan fingerprint density at radius 3 is 1.68 bits per heavy atom. The van der Waals surface area contributed by atoms with Crippen LogP contribution in [-0.2, 0) is 18.4 Å². The van der Waals surface area contributed by atoms with Gasteiger partial charge in [-0.1, -0.05) is 143 Å². The zero-order valence-electron chi connectivity index (χ0n) is 28.6. The monoisotopic (exact) mass is 648 g/mol. The molecule has 0 aliphatic heterocycles. The van der Waals surface area contributed by atoms with Gasteiger partial charge in [0.05, 0.1) is 25.4 Å². The van der Waals surface area contributed by atoms with Crippen LogP contribution in [0.15, 0.2) is 12.2 Å². The Hall–Kier alpha value is -0.800. The van der Waals surface area contributed by atoms with Crippen molar-refractivity contribution in [2.24, 2.45) is 17.6 Å². The summed E-state index contributed by atoms with van der Waals surface area (Å²) in [6.07, 6.45) is 22.1. The largest absolute Gasteiger partial charge is 0.472 e. The summed E-state index contributed by atoms with van der Waals surface area (Å²) in [5, 5.41) is 23.8. The summed E-state index contributed by atoms with van der Waals surface area (Å²) >= 11 is 0. The number of allylic oxidation sites excluding steroid dienone is 1. The molecule has 4 unspecified atom stereocenters. The van der Waals surface area contributed by atoms with E-state index < -0.39 is 38.6 Å². The Morgan fingerprint density at radius 1 is 0.750 bits per heavy atom. The van der Waals surface area contributed by atoms with Crippen LogP contribution < -0.4 is 11.1 Å². The van der Waals surface area contributed by atoms with Gasteiger partial charge in [-0.15, -0.1) is 0 Å². The first-order valence-electron chi connectivity index (χ1n) is 17.6. The zero-order valence-corrected chi connectivity index (χ0v) is 29.5. The molecule has 0 aromatic rings. The first kappa shape index (κ1) is 43.2. The van der Waals surface area contributed by atoms with Crippen LogP contribution in [0.4, 0.5) is 0 Å². The Bertz CT molecular complexity index is 751. The van der Waals surface area contributed by atoms with Crippen LogP contribution in [0.1, 0.15) is 150 Å². The fraction of sp³-hybridized carbons (Fsp3) is 0.912. The number of aliphatic hydroxyl groups excluding tert-OH is 2. The lowest BCUT2D eigenvalue weighted by Gasteiger charge is -2.24. The minimum Gasteiger partial charge on any atom is -0.387 e. The van der Waals surface area contributed by atoms with Gasteiger partial charge in [0, 0.05) is 6.54 Å². The molecule has 9 nitrogen and oxygen atoms in total. The molecule has 0 bridgehead atoms. The number of carbonyl (C=O) groups excluding carboxylic acids is 1. The maximum absolute atomic E-state index is 12.7. The predicted octanol–water partition coefficient (Wildman–Crippen LogP) is 7.57. The van der Waals surface area contributed by atoms with Crippen molar-refractivity contribution in [3.05, 3.63) is 12.2 Å². The Labute approximate surface area is 269 Å². The van der Waals surface area contributed by atoms with Gasteiger partial charge >= 0.3 is 7.82 Å². The molecule has 0 spiro atoms. The molecule has 0 aromatic heterocycles. The van der Waals surface area contributed by atoms with E-state index in [1.165, 1.54) is 70.6 Å². The lowest BCUT2D eigenvalue weighted by atomic mass is 10.0. The molecule has 10 heteroatoms. The van der Waals surface area contributed by atoms with Crippen molar-refractivity contribution in [3.8, 4) is 0 Å². The zero-order chi connectivity index (χ0) is 33.1. The predicted molar refractivity (Wildman–Crippen MR) is 181 cm³/mol. The van der Waals surface area contributed by atoms with Gasteiger partial charge in [-0.25, -0.2) is 4.57 Å². The second-order valence-corrected chi connectivity index (χ2v) is 14.6. The number of carbonyl (C=O) groups is 1. The van der Waals surface area contributed by atoms with Crippen molar-refractivity contribution in [3.63, 3.8) is 0 Å². The highest BCUT2D eigenvalue weighted by molar-refractivity contribution is 7.47. The molecule has 0 saturated carbocycles. The van der Waals surface area contributed by atoms with Crippen LogP contribution in [0.3, 0.4) is 0 Å². The molecule has 0 saturated heterocycles. The summed E-state index contributed by atoms with van der Waals surface area (Å²) in [5.74, 6) is 0.907. The second-order valence-electron chi connectivity index (χ2n) is 13.2. The fourth-order valence-electron chi connectivity index (χ4n) is 5.03. The van der Waals surface area contributed by atoms with Crippen molar-refractivity contribution in [2.75, 3.05) is 19.8 Å². The number of unbranched alkanes of at least 4 members (excludes halogenated alkanes) is 14. The van der Waals surface area contributed by atoms with Crippen molar-refractivity contribution >= 4 is 13.7 Å². The van der Waals surface area contributed by atoms with Gasteiger partial charge in [-0.3, -0.25) is 13.8 Å². The number of nitrogens with two attached hydrogens (primary N) is 1. The Kier molecular flexibility index (Phi) is 27.9. The average molecular weight is 649 g/mol. The van der Waals surface area contributed by atoms with E-state index in [1.807, 2.05) is 6.08 Å². The van der Waals surface area contributed by atoms with Crippen LogP contribution in [-0.4, -0.2) is 59.0 Å². The molecule has 262 valence electrons. The highest BCUT2D eigenvalue weighted by Crippen LogP contribution is 2.43. The van der Waals surface area contributed by atoms with E-state index in [-0.39, 0.29) is 13.2 Å². The highest BCUT2D eigenvalue weighted by Gasteiger charge is 2.28. The van der Waals surface area contributed by atoms with Gasteiger partial charge < -0.3 is 26.2 Å². The van der Waals surface area contributed by atoms with Gasteiger partial charge in [0.15, 0.2) is 0 Å². The molecule has 1 amide bonds. The van der Waals surface area contributed by atoms with Gasteiger partial charge in [0.25, 0.3) is 0 Å². The van der Waals surface area contributed by atoms with Crippen LogP contribution >= 0.6 is 7.82 Å². The number of aliphatic hydroxyl groups is 2. The van der Waals surface area contributed by atoms with Gasteiger partial charge in [-0.2, -0.15) is 0 Å². The van der Waals surface area contributed by atoms with Gasteiger partial charge in [-0.05, 0) is 31.1 Å². The SMILES string of the molecule is CC(C)CCCCCCCCCC=CC(O)C(COP(=O)(O)OCCN)NC(=O)C(O)CCCCCCCCCCC(C)C. The molecule has 0 aliphatic rings. The molecule has 0 radical (unpaired) electrons. The van der Waals surface area contributed by atoms with E-state index in [2.05, 4.69) is 33.0 Å². The maximum atomic E-state index is 12.7. The fourth-order valence-corrected chi connectivity index (χ4v) is 5.79. The maximum Gasteiger partial charge on any atom is 0.472 e. The molecular weight excluding hydrogens is 579 g/mol. The summed E-state index contributed by atoms with van der Waals surface area (Å²) in [5.41, 5.74) is 5.33. The number of phosphoric acid groups is 1. The van der Waals surface area contributed by atoms with Crippen molar-refractivity contribution in [1.29, 1.82) is 0 Å².